The van der Waals surface area contributed by atoms with E-state index in [1.54, 1.807) is 0 Å². The van der Waals surface area contributed by atoms with Crippen LogP contribution in [0.25, 0.3) is 0 Å². The summed E-state index contributed by atoms with van der Waals surface area (Å²) in [5.74, 6) is 0.911. The zero-order chi connectivity index (χ0) is 9.97. The molecule has 1 aliphatic rings. The van der Waals surface area contributed by atoms with Crippen LogP contribution in [0.15, 0.2) is 0 Å². The molecule has 2 unspecified atom stereocenters. The minimum Gasteiger partial charge on any atom is -0.378 e. The molecule has 1 aromatic heterocycles. The number of nitrogens with two attached hydrogens (primary N) is 1. The van der Waals surface area contributed by atoms with Crippen LogP contribution < -0.4 is 11.1 Å². The molecule has 1 saturated heterocycles. The van der Waals surface area contributed by atoms with Crippen LogP contribution in [0.2, 0.25) is 0 Å². The molecule has 2 atom stereocenters. The number of aromatic nitrogens is 2. The molecule has 5 nitrogen and oxygen atoms in total. The van der Waals surface area contributed by atoms with Gasteiger partial charge in [-0.2, -0.15) is 9.36 Å². The van der Waals surface area contributed by atoms with Crippen molar-refractivity contribution in [1.29, 1.82) is 0 Å². The van der Waals surface area contributed by atoms with E-state index in [0.29, 0.717) is 18.0 Å². The van der Waals surface area contributed by atoms with Crippen molar-refractivity contribution in [2.75, 3.05) is 24.2 Å². The minimum atomic E-state index is 0.341. The molecule has 1 aromatic rings. The Morgan fingerprint density at radius 2 is 2.57 bits per heavy atom. The van der Waals surface area contributed by atoms with Crippen LogP contribution in [-0.4, -0.2) is 28.6 Å². The Kier molecular flexibility index (Phi) is 2.83. The third-order valence-corrected chi connectivity index (χ3v) is 3.18. The summed E-state index contributed by atoms with van der Waals surface area (Å²) in [4.78, 5) is 4.03. The van der Waals surface area contributed by atoms with Crippen LogP contribution in [0.4, 0.5) is 11.1 Å². The van der Waals surface area contributed by atoms with E-state index < -0.39 is 0 Å². The summed E-state index contributed by atoms with van der Waals surface area (Å²) in [5, 5.41) is 4.02. The molecule has 6 heteroatoms. The van der Waals surface area contributed by atoms with E-state index in [-0.39, 0.29) is 0 Å². The minimum absolute atomic E-state index is 0.341. The summed E-state index contributed by atoms with van der Waals surface area (Å²) in [6.07, 6.45) is 1.45. The first-order valence-corrected chi connectivity index (χ1v) is 5.47. The third kappa shape index (κ3) is 2.13. The summed E-state index contributed by atoms with van der Waals surface area (Å²) >= 11 is 1.30. The lowest BCUT2D eigenvalue weighted by Crippen LogP contribution is -2.20. The van der Waals surface area contributed by atoms with Crippen LogP contribution >= 0.6 is 11.5 Å². The molecular formula is C8H14N4OS. The molecule has 1 fully saturated rings. The quantitative estimate of drug-likeness (QED) is 0.784. The van der Waals surface area contributed by atoms with E-state index in [1.165, 1.54) is 11.5 Å². The molecule has 2 heterocycles. The van der Waals surface area contributed by atoms with Crippen molar-refractivity contribution in [3.8, 4) is 0 Å². The Morgan fingerprint density at radius 1 is 1.71 bits per heavy atom. The monoisotopic (exact) mass is 214 g/mol. The first kappa shape index (κ1) is 9.67. The number of nitrogens with one attached hydrogen (secondary N) is 1. The fourth-order valence-corrected chi connectivity index (χ4v) is 2.07. The lowest BCUT2D eigenvalue weighted by atomic mass is 10.0. The van der Waals surface area contributed by atoms with E-state index in [1.807, 2.05) is 0 Å². The Bertz CT molecular complexity index is 303. The van der Waals surface area contributed by atoms with Crippen molar-refractivity contribution in [2.24, 2.45) is 5.92 Å². The van der Waals surface area contributed by atoms with Gasteiger partial charge in [0.15, 0.2) is 0 Å². The number of hydrogen-bond acceptors (Lipinski definition) is 6. The third-order valence-electron chi connectivity index (χ3n) is 2.49. The fourth-order valence-electron chi connectivity index (χ4n) is 1.57. The standard InChI is InChI=1S/C8H14N4OS/c1-5-6(2-3-13-5)4-10-8-11-7(9)12-14-8/h5-6H,2-4H2,1H3,(H3,9,10,11,12). The maximum Gasteiger partial charge on any atom is 0.233 e. The maximum absolute atomic E-state index is 5.46. The number of nitrogen functional groups attached to an aromatic ring is 1. The number of rotatable bonds is 3. The summed E-state index contributed by atoms with van der Waals surface area (Å²) in [7, 11) is 0. The van der Waals surface area contributed by atoms with Crippen molar-refractivity contribution in [3.63, 3.8) is 0 Å². The molecular weight excluding hydrogens is 200 g/mol. The molecule has 0 aliphatic carbocycles. The van der Waals surface area contributed by atoms with Gasteiger partial charge in [0, 0.05) is 30.6 Å². The lowest BCUT2D eigenvalue weighted by molar-refractivity contribution is 0.108. The Hall–Kier alpha value is -0.880. The van der Waals surface area contributed by atoms with E-state index in [2.05, 4.69) is 21.6 Å². The van der Waals surface area contributed by atoms with Gasteiger partial charge in [0.05, 0.1) is 6.10 Å². The molecule has 1 aliphatic heterocycles. The van der Waals surface area contributed by atoms with Crippen LogP contribution in [-0.2, 0) is 4.74 Å². The molecule has 14 heavy (non-hydrogen) atoms. The van der Waals surface area contributed by atoms with Crippen molar-refractivity contribution in [1.82, 2.24) is 9.36 Å². The van der Waals surface area contributed by atoms with E-state index in [4.69, 9.17) is 10.5 Å². The van der Waals surface area contributed by atoms with Crippen molar-refractivity contribution >= 4 is 22.6 Å². The molecule has 0 radical (unpaired) electrons. The molecule has 0 aromatic carbocycles. The summed E-state index contributed by atoms with van der Waals surface area (Å²) in [6.45, 7) is 3.86. The van der Waals surface area contributed by atoms with Crippen LogP contribution in [0.3, 0.4) is 0 Å². The highest BCUT2D eigenvalue weighted by atomic mass is 32.1. The Morgan fingerprint density at radius 3 is 3.14 bits per heavy atom. The lowest BCUT2D eigenvalue weighted by Gasteiger charge is -2.13. The average Bonchev–Trinajstić information content (AvgIpc) is 2.72. The summed E-state index contributed by atoms with van der Waals surface area (Å²) in [6, 6.07) is 0. The zero-order valence-corrected chi connectivity index (χ0v) is 8.88. The Balaban J connectivity index is 1.82. The number of ether oxygens (including phenoxy) is 1. The number of anilines is 2. The molecule has 0 spiro atoms. The highest BCUT2D eigenvalue weighted by Gasteiger charge is 2.23. The SMILES string of the molecule is CC1OCCC1CNc1nc(N)ns1. The van der Waals surface area contributed by atoms with Gasteiger partial charge in [-0.15, -0.1) is 0 Å². The topological polar surface area (TPSA) is 73.1 Å². The first-order valence-electron chi connectivity index (χ1n) is 4.70. The number of hydrogen-bond donors (Lipinski definition) is 2. The van der Waals surface area contributed by atoms with Crippen LogP contribution in [0, 0.1) is 5.92 Å². The predicted octanol–water partition coefficient (Wildman–Crippen LogP) is 0.957. The zero-order valence-electron chi connectivity index (χ0n) is 8.06. The van der Waals surface area contributed by atoms with E-state index in [0.717, 1.165) is 24.7 Å². The molecule has 0 amide bonds. The molecule has 0 bridgehead atoms. The highest BCUT2D eigenvalue weighted by molar-refractivity contribution is 7.09. The van der Waals surface area contributed by atoms with Crippen molar-refractivity contribution in [3.05, 3.63) is 0 Å². The first-order chi connectivity index (χ1) is 6.75. The van der Waals surface area contributed by atoms with Crippen molar-refractivity contribution < 1.29 is 4.74 Å². The Labute approximate surface area is 86.8 Å². The fraction of sp³-hybridized carbons (Fsp3) is 0.750. The molecule has 3 N–H and O–H groups in total. The van der Waals surface area contributed by atoms with Gasteiger partial charge in [-0.3, -0.25) is 0 Å². The van der Waals surface area contributed by atoms with Gasteiger partial charge in [0.2, 0.25) is 11.1 Å². The normalized spacial score (nSPS) is 26.6. The largest absolute Gasteiger partial charge is 0.378 e. The predicted molar refractivity (Wildman–Crippen MR) is 56.3 cm³/mol. The van der Waals surface area contributed by atoms with Gasteiger partial charge in [0.25, 0.3) is 0 Å². The van der Waals surface area contributed by atoms with Gasteiger partial charge in [-0.1, -0.05) is 0 Å². The summed E-state index contributed by atoms with van der Waals surface area (Å²) < 4.78 is 9.36. The second-order valence-electron chi connectivity index (χ2n) is 3.46. The van der Waals surface area contributed by atoms with Gasteiger partial charge in [-0.25, -0.2) is 0 Å². The molecule has 0 saturated carbocycles. The van der Waals surface area contributed by atoms with E-state index >= 15 is 0 Å². The maximum atomic E-state index is 5.46. The number of nitrogens with zero attached hydrogens (tertiary/aromatic N) is 2. The van der Waals surface area contributed by atoms with Gasteiger partial charge in [-0.05, 0) is 13.3 Å². The second kappa shape index (κ2) is 4.10. The van der Waals surface area contributed by atoms with E-state index in [9.17, 15) is 0 Å². The van der Waals surface area contributed by atoms with Crippen LogP contribution in [0.5, 0.6) is 0 Å². The molecule has 78 valence electrons. The van der Waals surface area contributed by atoms with Gasteiger partial charge in [0.1, 0.15) is 0 Å². The van der Waals surface area contributed by atoms with Crippen molar-refractivity contribution in [2.45, 2.75) is 19.4 Å². The average molecular weight is 214 g/mol. The molecule has 2 rings (SSSR count). The highest BCUT2D eigenvalue weighted by Crippen LogP contribution is 2.21. The second-order valence-corrected chi connectivity index (χ2v) is 4.22. The van der Waals surface area contributed by atoms with Gasteiger partial charge < -0.3 is 15.8 Å². The van der Waals surface area contributed by atoms with Crippen LogP contribution in [0.1, 0.15) is 13.3 Å². The summed E-state index contributed by atoms with van der Waals surface area (Å²) in [5.41, 5.74) is 5.41. The van der Waals surface area contributed by atoms with Gasteiger partial charge >= 0.3 is 0 Å². The smallest absolute Gasteiger partial charge is 0.233 e.